The Bertz CT molecular complexity index is 408. The lowest BCUT2D eigenvalue weighted by Gasteiger charge is -2.14. The van der Waals surface area contributed by atoms with Crippen molar-refractivity contribution in [3.63, 3.8) is 0 Å². The summed E-state index contributed by atoms with van der Waals surface area (Å²) in [6, 6.07) is 0. The maximum atomic E-state index is 11.4. The molecule has 4 nitrogen and oxygen atoms in total. The molecule has 0 saturated carbocycles. The van der Waals surface area contributed by atoms with Crippen molar-refractivity contribution in [3.05, 3.63) is 5.01 Å². The van der Waals surface area contributed by atoms with E-state index in [0.717, 1.165) is 11.4 Å². The average Bonchev–Trinajstić information content (AvgIpc) is 2.47. The largest absolute Gasteiger partial charge is 0.297 e. The molecule has 0 fully saturated rings. The first-order valence-corrected chi connectivity index (χ1v) is 6.73. The van der Waals surface area contributed by atoms with Gasteiger partial charge in [0.05, 0.1) is 0 Å². The fraction of sp³-hybridized carbons (Fsp3) is 0.667. The number of nitrogens with one attached hydrogen (secondary N) is 1. The second-order valence-corrected chi connectivity index (χ2v) is 8.03. The summed E-state index contributed by atoms with van der Waals surface area (Å²) in [5.41, 5.74) is 0.107. The molecule has 0 aliphatic carbocycles. The van der Waals surface area contributed by atoms with Crippen molar-refractivity contribution < 1.29 is 4.79 Å². The van der Waals surface area contributed by atoms with Crippen molar-refractivity contribution in [1.29, 1.82) is 0 Å². The zero-order chi connectivity index (χ0) is 13.3. The summed E-state index contributed by atoms with van der Waals surface area (Å²) in [6.45, 7) is 6.27. The number of rotatable bonds is 2. The van der Waals surface area contributed by atoms with E-state index in [-0.39, 0.29) is 5.41 Å². The van der Waals surface area contributed by atoms with E-state index in [9.17, 15) is 4.79 Å². The van der Waals surface area contributed by atoms with Crippen molar-refractivity contribution in [2.75, 3.05) is 5.32 Å². The maximum Gasteiger partial charge on any atom is 0.278 e. The van der Waals surface area contributed by atoms with Crippen molar-refractivity contribution in [1.82, 2.24) is 10.2 Å². The predicted molar refractivity (Wildman–Crippen MR) is 72.0 cm³/mol. The summed E-state index contributed by atoms with van der Waals surface area (Å²) in [4.78, 5) is 11.4. The Morgan fingerprint density at radius 1 is 1.29 bits per heavy atom. The lowest BCUT2D eigenvalue weighted by Crippen LogP contribution is -2.26. The monoisotopic (exact) mass is 315 g/mol. The highest BCUT2D eigenvalue weighted by atomic mass is 35.6. The van der Waals surface area contributed by atoms with Crippen LogP contribution in [0.3, 0.4) is 0 Å². The van der Waals surface area contributed by atoms with Gasteiger partial charge in [-0.25, -0.2) is 0 Å². The number of alkyl halides is 3. The average molecular weight is 317 g/mol. The molecule has 0 aliphatic rings. The Morgan fingerprint density at radius 3 is 2.35 bits per heavy atom. The van der Waals surface area contributed by atoms with Gasteiger partial charge in [0.1, 0.15) is 5.01 Å². The van der Waals surface area contributed by atoms with Crippen LogP contribution in [-0.4, -0.2) is 19.9 Å². The van der Waals surface area contributed by atoms with Crippen LogP contribution in [0.2, 0.25) is 0 Å². The van der Waals surface area contributed by atoms with Crippen LogP contribution in [0.15, 0.2) is 0 Å². The third-order valence-corrected chi connectivity index (χ3v) is 2.98. The molecule has 1 aromatic rings. The highest BCUT2D eigenvalue weighted by molar-refractivity contribution is 7.15. The van der Waals surface area contributed by atoms with Crippen molar-refractivity contribution >= 4 is 57.2 Å². The van der Waals surface area contributed by atoms with Gasteiger partial charge < -0.3 is 0 Å². The Morgan fingerprint density at radius 2 is 1.88 bits per heavy atom. The molecule has 0 atom stereocenters. The number of anilines is 1. The Kier molecular flexibility index (Phi) is 4.63. The summed E-state index contributed by atoms with van der Waals surface area (Å²) in [7, 11) is 0. The predicted octanol–water partition coefficient (Wildman–Crippen LogP) is 3.44. The van der Waals surface area contributed by atoms with E-state index in [1.807, 2.05) is 0 Å². The third-order valence-electron chi connectivity index (χ3n) is 1.63. The van der Waals surface area contributed by atoms with E-state index in [2.05, 4.69) is 36.3 Å². The number of aromatic nitrogens is 2. The summed E-state index contributed by atoms with van der Waals surface area (Å²) in [5, 5.41) is 11.3. The minimum atomic E-state index is -1.99. The van der Waals surface area contributed by atoms with Crippen LogP contribution in [0.25, 0.3) is 0 Å². The van der Waals surface area contributed by atoms with E-state index < -0.39 is 9.70 Å². The van der Waals surface area contributed by atoms with E-state index in [4.69, 9.17) is 34.8 Å². The lowest BCUT2D eigenvalue weighted by atomic mass is 9.93. The smallest absolute Gasteiger partial charge is 0.278 e. The van der Waals surface area contributed by atoms with Gasteiger partial charge in [0, 0.05) is 6.42 Å². The van der Waals surface area contributed by atoms with E-state index in [1.165, 1.54) is 11.3 Å². The minimum Gasteiger partial charge on any atom is -0.297 e. The first kappa shape index (κ1) is 15.0. The van der Waals surface area contributed by atoms with Gasteiger partial charge in [0.15, 0.2) is 0 Å². The molecule has 0 aromatic carbocycles. The van der Waals surface area contributed by atoms with E-state index in [1.54, 1.807) is 0 Å². The van der Waals surface area contributed by atoms with Crippen LogP contribution in [0.4, 0.5) is 5.13 Å². The molecule has 0 unspecified atom stereocenters. The number of nitrogens with zero attached hydrogens (tertiary/aromatic N) is 2. The standard InChI is InChI=1S/C9H12Cl3N3OS/c1-8(2,3)4-5-14-15-7(17-5)13-6(16)9(10,11)12/h4H2,1-3H3,(H,13,15,16). The molecule has 1 amide bonds. The summed E-state index contributed by atoms with van der Waals surface area (Å²) < 4.78 is -1.99. The Hall–Kier alpha value is -0.100. The number of hydrogen-bond donors (Lipinski definition) is 1. The lowest BCUT2D eigenvalue weighted by molar-refractivity contribution is -0.115. The van der Waals surface area contributed by atoms with Crippen LogP contribution >= 0.6 is 46.1 Å². The van der Waals surface area contributed by atoms with Gasteiger partial charge in [-0.2, -0.15) is 0 Å². The third kappa shape index (κ3) is 5.38. The number of carbonyl (C=O) groups is 1. The van der Waals surface area contributed by atoms with Gasteiger partial charge in [-0.3, -0.25) is 10.1 Å². The van der Waals surface area contributed by atoms with Crippen molar-refractivity contribution in [2.24, 2.45) is 5.41 Å². The molecule has 0 bridgehead atoms. The minimum absolute atomic E-state index is 0.107. The van der Waals surface area contributed by atoms with Gasteiger partial charge in [0.2, 0.25) is 5.13 Å². The zero-order valence-corrected chi connectivity index (χ0v) is 12.6. The maximum absolute atomic E-state index is 11.4. The molecule has 0 spiro atoms. The van der Waals surface area contributed by atoms with Gasteiger partial charge in [-0.1, -0.05) is 66.9 Å². The fourth-order valence-corrected chi connectivity index (χ4v) is 2.17. The number of hydrogen-bond acceptors (Lipinski definition) is 4. The van der Waals surface area contributed by atoms with E-state index >= 15 is 0 Å². The van der Waals surface area contributed by atoms with Gasteiger partial charge >= 0.3 is 0 Å². The highest BCUT2D eigenvalue weighted by Gasteiger charge is 2.31. The quantitative estimate of drug-likeness (QED) is 0.850. The fourth-order valence-electron chi connectivity index (χ4n) is 0.997. The molecule has 1 rings (SSSR count). The summed E-state index contributed by atoms with van der Waals surface area (Å²) in [6.07, 6.45) is 0.772. The summed E-state index contributed by atoms with van der Waals surface area (Å²) in [5.74, 6) is -0.735. The molecule has 0 aliphatic heterocycles. The van der Waals surface area contributed by atoms with Crippen LogP contribution in [-0.2, 0) is 11.2 Å². The molecule has 96 valence electrons. The molecule has 1 heterocycles. The topological polar surface area (TPSA) is 54.9 Å². The van der Waals surface area contributed by atoms with Crippen LogP contribution in [0.1, 0.15) is 25.8 Å². The van der Waals surface area contributed by atoms with Crippen LogP contribution in [0, 0.1) is 5.41 Å². The molecule has 0 saturated heterocycles. The normalized spacial score (nSPS) is 12.6. The Labute approximate surface area is 119 Å². The molecule has 17 heavy (non-hydrogen) atoms. The molecular weight excluding hydrogens is 305 g/mol. The molecule has 1 N–H and O–H groups in total. The molecular formula is C9H12Cl3N3OS. The van der Waals surface area contributed by atoms with Crippen molar-refractivity contribution in [3.8, 4) is 0 Å². The first-order chi connectivity index (χ1) is 7.58. The van der Waals surface area contributed by atoms with E-state index in [0.29, 0.717) is 5.13 Å². The first-order valence-electron chi connectivity index (χ1n) is 4.78. The second-order valence-electron chi connectivity index (χ2n) is 4.69. The van der Waals surface area contributed by atoms with Crippen LogP contribution < -0.4 is 5.32 Å². The number of halogens is 3. The zero-order valence-electron chi connectivity index (χ0n) is 9.55. The summed E-state index contributed by atoms with van der Waals surface area (Å²) >= 11 is 17.5. The Balaban J connectivity index is 2.67. The number of amides is 1. The second kappa shape index (κ2) is 5.26. The van der Waals surface area contributed by atoms with Gasteiger partial charge in [-0.15, -0.1) is 10.2 Å². The van der Waals surface area contributed by atoms with Gasteiger partial charge in [-0.05, 0) is 5.41 Å². The number of carbonyl (C=O) groups excluding carboxylic acids is 1. The highest BCUT2D eigenvalue weighted by Crippen LogP contribution is 2.29. The SMILES string of the molecule is CC(C)(C)Cc1nnc(NC(=O)C(Cl)(Cl)Cl)s1. The van der Waals surface area contributed by atoms with Gasteiger partial charge in [0.25, 0.3) is 9.70 Å². The molecule has 1 aromatic heterocycles. The van der Waals surface area contributed by atoms with Crippen LogP contribution in [0.5, 0.6) is 0 Å². The molecule has 0 radical (unpaired) electrons. The molecule has 8 heteroatoms. The van der Waals surface area contributed by atoms with Crippen molar-refractivity contribution in [2.45, 2.75) is 31.0 Å².